The normalized spacial score (nSPS) is 14.3. The minimum absolute atomic E-state index is 0.493. The Balaban J connectivity index is 3.57. The van der Waals surface area contributed by atoms with Crippen LogP contribution in [0.15, 0.2) is 15.6 Å². The van der Waals surface area contributed by atoms with Crippen molar-refractivity contribution in [1.29, 1.82) is 0 Å². The minimum Gasteiger partial charge on any atom is -0.257 e. The van der Waals surface area contributed by atoms with Crippen LogP contribution in [0.2, 0.25) is 0 Å². The Kier molecular flexibility index (Phi) is 3.03. The van der Waals surface area contributed by atoms with Gasteiger partial charge in [-0.05, 0) is 19.9 Å². The van der Waals surface area contributed by atoms with Crippen molar-refractivity contribution in [3.63, 3.8) is 0 Å². The Morgan fingerprint density at radius 1 is 1.36 bits per heavy atom. The maximum atomic E-state index is 10.8. The van der Waals surface area contributed by atoms with Crippen LogP contribution in [-0.4, -0.2) is 28.5 Å². The van der Waals surface area contributed by atoms with Gasteiger partial charge in [-0.15, -0.1) is 0 Å². The van der Waals surface area contributed by atoms with Gasteiger partial charge in [0.25, 0.3) is 0 Å². The molecular formula is C9H13N3OS. The van der Waals surface area contributed by atoms with Crippen LogP contribution in [0.3, 0.4) is 0 Å². The minimum atomic E-state index is -1.94. The van der Waals surface area contributed by atoms with E-state index >= 15 is 0 Å². The molecule has 14 heavy (non-hydrogen) atoms. The van der Waals surface area contributed by atoms with Gasteiger partial charge in [0.2, 0.25) is 5.16 Å². The molecule has 0 aliphatic heterocycles. The van der Waals surface area contributed by atoms with E-state index in [4.69, 9.17) is 0 Å². The third-order valence-electron chi connectivity index (χ3n) is 1.84. The molecule has 0 N–H and O–H groups in total. The third kappa shape index (κ3) is 2.00. The van der Waals surface area contributed by atoms with Crippen molar-refractivity contribution in [3.8, 4) is 0 Å². The zero-order valence-corrected chi connectivity index (χ0v) is 9.55. The first-order valence-electron chi connectivity index (χ1n) is 4.12. The third-order valence-corrected chi connectivity index (χ3v) is 3.79. The molecular weight excluding hydrogens is 198 g/mol. The number of aromatic nitrogens is 2. The highest BCUT2D eigenvalue weighted by atomic mass is 32.2. The Morgan fingerprint density at radius 3 is 2.21 bits per heavy atom. The molecule has 1 unspecified atom stereocenters. The molecule has 1 atom stereocenters. The molecule has 0 spiro atoms. The lowest BCUT2D eigenvalue weighted by Crippen LogP contribution is -2.06. The Morgan fingerprint density at radius 2 is 1.86 bits per heavy atom. The molecule has 0 amide bonds. The van der Waals surface area contributed by atoms with Crippen LogP contribution in [0.1, 0.15) is 11.4 Å². The van der Waals surface area contributed by atoms with Crippen molar-refractivity contribution in [2.45, 2.75) is 19.0 Å². The molecule has 1 rings (SSSR count). The van der Waals surface area contributed by atoms with Gasteiger partial charge in [-0.2, -0.15) is 0 Å². The quantitative estimate of drug-likeness (QED) is 0.516. The summed E-state index contributed by atoms with van der Waals surface area (Å²) in [6, 6.07) is 1.86. The van der Waals surface area contributed by atoms with Crippen molar-refractivity contribution in [2.24, 2.45) is 4.36 Å². The topological polar surface area (TPSA) is 55.2 Å². The van der Waals surface area contributed by atoms with Gasteiger partial charge in [0.1, 0.15) is 0 Å². The van der Waals surface area contributed by atoms with Gasteiger partial charge in [0, 0.05) is 34.1 Å². The van der Waals surface area contributed by atoms with Gasteiger partial charge in [-0.1, -0.05) is 0 Å². The second-order valence-corrected chi connectivity index (χ2v) is 5.72. The van der Waals surface area contributed by atoms with Gasteiger partial charge in [-0.25, -0.2) is 14.8 Å². The summed E-state index contributed by atoms with van der Waals surface area (Å²) < 4.78 is 4.03. The summed E-state index contributed by atoms with van der Waals surface area (Å²) in [5.41, 5.74) is 1.70. The van der Waals surface area contributed by atoms with Crippen LogP contribution in [0.25, 0.3) is 0 Å². The van der Waals surface area contributed by atoms with E-state index in [0.717, 1.165) is 11.4 Å². The van der Waals surface area contributed by atoms with E-state index in [0.29, 0.717) is 5.16 Å². The molecule has 76 valence electrons. The fourth-order valence-electron chi connectivity index (χ4n) is 1.03. The number of nitrogens with zero attached hydrogens (tertiary/aromatic N) is 3. The second kappa shape index (κ2) is 3.90. The molecule has 0 aliphatic rings. The average Bonchev–Trinajstić information content (AvgIpc) is 2.15. The van der Waals surface area contributed by atoms with Crippen LogP contribution in [0, 0.1) is 13.8 Å². The summed E-state index contributed by atoms with van der Waals surface area (Å²) in [7, 11) is -0.343. The van der Waals surface area contributed by atoms with E-state index in [-0.39, 0.29) is 0 Å². The number of aryl methyl sites for hydroxylation is 2. The van der Waals surface area contributed by atoms with Crippen LogP contribution >= 0.6 is 0 Å². The molecule has 0 aliphatic carbocycles. The molecule has 0 saturated heterocycles. The number of rotatable bonds is 1. The molecule has 0 bridgehead atoms. The van der Waals surface area contributed by atoms with Gasteiger partial charge >= 0.3 is 0 Å². The highest BCUT2D eigenvalue weighted by molar-refractivity contribution is 8.01. The lowest BCUT2D eigenvalue weighted by molar-refractivity contribution is 0.571. The molecule has 0 aromatic carbocycles. The molecule has 1 aromatic rings. The largest absolute Gasteiger partial charge is 0.257 e. The second-order valence-electron chi connectivity index (χ2n) is 3.07. The molecule has 1 aromatic heterocycles. The van der Waals surface area contributed by atoms with E-state index in [2.05, 4.69) is 14.3 Å². The number of carbonyl (C=O) groups excluding carboxylic acids is 1. The van der Waals surface area contributed by atoms with E-state index in [1.165, 1.54) is 0 Å². The van der Waals surface area contributed by atoms with Crippen LogP contribution in [0.4, 0.5) is 0 Å². The summed E-state index contributed by atoms with van der Waals surface area (Å²) >= 11 is 0. The molecule has 0 fully saturated rings. The SMILES string of the molecule is CN=S(C)(=C=O)c1nc(C)cc(C)n1. The first kappa shape index (κ1) is 10.9. The smallest absolute Gasteiger partial charge is 0.202 e. The lowest BCUT2D eigenvalue weighted by Gasteiger charge is -2.05. The van der Waals surface area contributed by atoms with Gasteiger partial charge in [0.05, 0.1) is 0 Å². The summed E-state index contributed by atoms with van der Waals surface area (Å²) in [6.45, 7) is 3.75. The maximum Gasteiger partial charge on any atom is 0.202 e. The maximum absolute atomic E-state index is 10.8. The van der Waals surface area contributed by atoms with E-state index in [1.54, 1.807) is 13.3 Å². The van der Waals surface area contributed by atoms with Crippen molar-refractivity contribution in [2.75, 3.05) is 13.3 Å². The van der Waals surface area contributed by atoms with Gasteiger partial charge in [-0.3, -0.25) is 4.36 Å². The first-order chi connectivity index (χ1) is 6.51. The Bertz CT molecular complexity index is 475. The molecule has 5 heteroatoms. The van der Waals surface area contributed by atoms with Crippen molar-refractivity contribution in [3.05, 3.63) is 17.5 Å². The molecule has 0 saturated carbocycles. The van der Waals surface area contributed by atoms with Crippen LogP contribution in [0.5, 0.6) is 0 Å². The predicted octanol–water partition coefficient (Wildman–Crippen LogP) is 1.12. The zero-order chi connectivity index (χ0) is 10.8. The Labute approximate surface area is 84.1 Å². The van der Waals surface area contributed by atoms with Gasteiger partial charge in [0.15, 0.2) is 5.23 Å². The van der Waals surface area contributed by atoms with E-state index < -0.39 is 9.41 Å². The number of hydrogen-bond donors (Lipinski definition) is 0. The fraction of sp³-hybridized carbons (Fsp3) is 0.444. The summed E-state index contributed by atoms with van der Waals surface area (Å²) in [5.74, 6) is 0. The predicted molar refractivity (Wildman–Crippen MR) is 57.1 cm³/mol. The summed E-state index contributed by atoms with van der Waals surface area (Å²) in [6.07, 6.45) is 1.73. The average molecular weight is 211 g/mol. The van der Waals surface area contributed by atoms with E-state index in [9.17, 15) is 4.79 Å². The van der Waals surface area contributed by atoms with E-state index in [1.807, 2.05) is 25.1 Å². The molecule has 0 radical (unpaired) electrons. The number of hydrogen-bond acceptors (Lipinski definition) is 4. The molecule has 1 heterocycles. The lowest BCUT2D eigenvalue weighted by atomic mass is 10.4. The summed E-state index contributed by atoms with van der Waals surface area (Å²) in [4.78, 5) is 19.3. The summed E-state index contributed by atoms with van der Waals surface area (Å²) in [5, 5.41) is 2.43. The van der Waals surface area contributed by atoms with Crippen LogP contribution < -0.4 is 0 Å². The monoisotopic (exact) mass is 211 g/mol. The first-order valence-corrected chi connectivity index (χ1v) is 6.12. The van der Waals surface area contributed by atoms with Crippen molar-refractivity contribution < 1.29 is 4.79 Å². The molecule has 4 nitrogen and oxygen atoms in total. The van der Waals surface area contributed by atoms with Crippen LogP contribution in [-0.2, 0) is 14.2 Å². The Hall–Kier alpha value is -1.19. The fourth-order valence-corrected chi connectivity index (χ4v) is 1.98. The highest BCUT2D eigenvalue weighted by Gasteiger charge is 2.07. The van der Waals surface area contributed by atoms with Gasteiger partial charge < -0.3 is 0 Å². The van der Waals surface area contributed by atoms with Crippen molar-refractivity contribution in [1.82, 2.24) is 9.97 Å². The zero-order valence-electron chi connectivity index (χ0n) is 8.74. The highest BCUT2D eigenvalue weighted by Crippen LogP contribution is 2.07. The standard InChI is InChI=1S/C9H13N3OS/c1-7-5-8(2)12-9(11-7)14(4,6-13)10-3/h5H,1-4H3. The van der Waals surface area contributed by atoms with Crippen molar-refractivity contribution >= 4 is 14.6 Å².